The molecule has 7 nitrogen and oxygen atoms in total. The number of H-pyrrole nitrogens is 1. The van der Waals surface area contributed by atoms with Crippen molar-refractivity contribution in [2.24, 2.45) is 0 Å². The summed E-state index contributed by atoms with van der Waals surface area (Å²) in [5.74, 6) is -0.158. The topological polar surface area (TPSA) is 98.3 Å². The van der Waals surface area contributed by atoms with Crippen LogP contribution in [0.4, 0.5) is 4.79 Å². The summed E-state index contributed by atoms with van der Waals surface area (Å²) in [4.78, 5) is 31.7. The van der Waals surface area contributed by atoms with Gasteiger partial charge in [0.15, 0.2) is 0 Å². The SMILES string of the molecule is CC1(C(=O)O)CCCN1C(=O)NCCc1ncc[nH]1. The summed E-state index contributed by atoms with van der Waals surface area (Å²) >= 11 is 0. The maximum atomic E-state index is 12.0. The van der Waals surface area contributed by atoms with Crippen molar-refractivity contribution in [2.45, 2.75) is 31.7 Å². The maximum absolute atomic E-state index is 12.0. The Labute approximate surface area is 111 Å². The number of carbonyl (C=O) groups is 2. The minimum atomic E-state index is -1.09. The second kappa shape index (κ2) is 5.29. The lowest BCUT2D eigenvalue weighted by molar-refractivity contribution is -0.147. The molecule has 1 saturated heterocycles. The van der Waals surface area contributed by atoms with Gasteiger partial charge in [0.1, 0.15) is 11.4 Å². The number of hydrogen-bond donors (Lipinski definition) is 3. The summed E-state index contributed by atoms with van der Waals surface area (Å²) in [7, 11) is 0. The van der Waals surface area contributed by atoms with Crippen LogP contribution < -0.4 is 5.32 Å². The highest BCUT2D eigenvalue weighted by Gasteiger charge is 2.45. The molecule has 19 heavy (non-hydrogen) atoms. The normalized spacial score (nSPS) is 22.5. The molecule has 1 aromatic heterocycles. The van der Waals surface area contributed by atoms with Crippen LogP contribution in [0.15, 0.2) is 12.4 Å². The molecule has 0 spiro atoms. The van der Waals surface area contributed by atoms with E-state index in [9.17, 15) is 14.7 Å². The Morgan fingerprint density at radius 3 is 3.05 bits per heavy atom. The largest absolute Gasteiger partial charge is 0.480 e. The number of urea groups is 1. The van der Waals surface area contributed by atoms with Gasteiger partial charge in [0.05, 0.1) is 0 Å². The molecule has 1 fully saturated rings. The van der Waals surface area contributed by atoms with Gasteiger partial charge in [-0.15, -0.1) is 0 Å². The maximum Gasteiger partial charge on any atom is 0.329 e. The van der Waals surface area contributed by atoms with Gasteiger partial charge in [0, 0.05) is 31.9 Å². The highest BCUT2D eigenvalue weighted by Crippen LogP contribution is 2.29. The molecular weight excluding hydrogens is 248 g/mol. The number of aliphatic carboxylic acids is 1. The Bertz CT molecular complexity index is 460. The predicted octanol–water partition coefficient (Wildman–Crippen LogP) is 0.601. The van der Waals surface area contributed by atoms with Crippen molar-refractivity contribution in [1.29, 1.82) is 0 Å². The Hall–Kier alpha value is -2.05. The molecule has 1 aromatic rings. The van der Waals surface area contributed by atoms with Crippen LogP contribution in [0.2, 0.25) is 0 Å². The van der Waals surface area contributed by atoms with E-state index < -0.39 is 11.5 Å². The number of carboxylic acids is 1. The number of likely N-dealkylation sites (tertiary alicyclic amines) is 1. The van der Waals surface area contributed by atoms with Crippen molar-refractivity contribution >= 4 is 12.0 Å². The van der Waals surface area contributed by atoms with E-state index in [2.05, 4.69) is 15.3 Å². The molecule has 1 aliphatic rings. The fourth-order valence-corrected chi connectivity index (χ4v) is 2.33. The van der Waals surface area contributed by atoms with Crippen molar-refractivity contribution in [2.75, 3.05) is 13.1 Å². The fraction of sp³-hybridized carbons (Fsp3) is 0.583. The van der Waals surface area contributed by atoms with Crippen molar-refractivity contribution < 1.29 is 14.7 Å². The molecule has 2 amide bonds. The van der Waals surface area contributed by atoms with Crippen LogP contribution in [0.5, 0.6) is 0 Å². The summed E-state index contributed by atoms with van der Waals surface area (Å²) in [6.45, 7) is 2.50. The second-order valence-electron chi connectivity index (χ2n) is 4.85. The standard InChI is InChI=1S/C12H18N4O3/c1-12(10(17)18)4-2-8-16(12)11(19)15-5-3-9-13-6-7-14-9/h6-7H,2-5,8H2,1H3,(H,13,14)(H,15,19)(H,17,18). The van der Waals surface area contributed by atoms with Gasteiger partial charge in [0.2, 0.25) is 0 Å². The van der Waals surface area contributed by atoms with Crippen molar-refractivity contribution in [3.05, 3.63) is 18.2 Å². The van der Waals surface area contributed by atoms with E-state index in [1.165, 1.54) is 4.90 Å². The van der Waals surface area contributed by atoms with E-state index in [0.29, 0.717) is 32.4 Å². The zero-order chi connectivity index (χ0) is 13.9. The van der Waals surface area contributed by atoms with E-state index in [0.717, 1.165) is 5.82 Å². The molecule has 0 bridgehead atoms. The number of carboxylic acid groups (broad SMARTS) is 1. The molecule has 0 aliphatic carbocycles. The Kier molecular flexibility index (Phi) is 3.73. The summed E-state index contributed by atoms with van der Waals surface area (Å²) < 4.78 is 0. The molecule has 1 atom stereocenters. The number of hydrogen-bond acceptors (Lipinski definition) is 3. The number of imidazole rings is 1. The lowest BCUT2D eigenvalue weighted by Crippen LogP contribution is -2.54. The Balaban J connectivity index is 1.87. The highest BCUT2D eigenvalue weighted by atomic mass is 16.4. The molecule has 0 aromatic carbocycles. The first-order chi connectivity index (χ1) is 9.04. The first-order valence-corrected chi connectivity index (χ1v) is 6.31. The van der Waals surface area contributed by atoms with Crippen LogP contribution in [0, 0.1) is 0 Å². The van der Waals surface area contributed by atoms with Gasteiger partial charge in [0.25, 0.3) is 0 Å². The molecule has 1 unspecified atom stereocenters. The van der Waals surface area contributed by atoms with Crippen molar-refractivity contribution in [3.8, 4) is 0 Å². The van der Waals surface area contributed by atoms with Crippen LogP contribution in [0.3, 0.4) is 0 Å². The first-order valence-electron chi connectivity index (χ1n) is 6.31. The molecular formula is C12H18N4O3. The minimum absolute atomic E-state index is 0.325. The number of amides is 2. The fourth-order valence-electron chi connectivity index (χ4n) is 2.33. The van der Waals surface area contributed by atoms with Gasteiger partial charge in [-0.3, -0.25) is 0 Å². The molecule has 1 aliphatic heterocycles. The minimum Gasteiger partial charge on any atom is -0.480 e. The van der Waals surface area contributed by atoms with Gasteiger partial charge in [-0.05, 0) is 19.8 Å². The second-order valence-corrected chi connectivity index (χ2v) is 4.85. The number of rotatable bonds is 4. The lowest BCUT2D eigenvalue weighted by Gasteiger charge is -2.31. The van der Waals surface area contributed by atoms with E-state index in [1.54, 1.807) is 19.3 Å². The van der Waals surface area contributed by atoms with Crippen molar-refractivity contribution in [1.82, 2.24) is 20.2 Å². The van der Waals surface area contributed by atoms with Crippen LogP contribution in [0.1, 0.15) is 25.6 Å². The van der Waals surface area contributed by atoms with Crippen LogP contribution in [-0.2, 0) is 11.2 Å². The molecule has 0 radical (unpaired) electrons. The Morgan fingerprint density at radius 2 is 2.42 bits per heavy atom. The molecule has 0 saturated carbocycles. The van der Waals surface area contributed by atoms with E-state index in [4.69, 9.17) is 0 Å². The lowest BCUT2D eigenvalue weighted by atomic mass is 10.00. The number of aromatic nitrogens is 2. The molecule has 104 valence electrons. The van der Waals surface area contributed by atoms with Gasteiger partial charge >= 0.3 is 12.0 Å². The van der Waals surface area contributed by atoms with Gasteiger partial charge in [-0.25, -0.2) is 14.6 Å². The molecule has 3 N–H and O–H groups in total. The van der Waals surface area contributed by atoms with Gasteiger partial charge < -0.3 is 20.3 Å². The van der Waals surface area contributed by atoms with E-state index in [-0.39, 0.29) is 6.03 Å². The van der Waals surface area contributed by atoms with Crippen LogP contribution >= 0.6 is 0 Å². The average molecular weight is 266 g/mol. The van der Waals surface area contributed by atoms with Crippen LogP contribution in [0.25, 0.3) is 0 Å². The van der Waals surface area contributed by atoms with E-state index in [1.807, 2.05) is 0 Å². The summed E-state index contributed by atoms with van der Waals surface area (Å²) in [5.41, 5.74) is -1.09. The zero-order valence-corrected chi connectivity index (χ0v) is 10.8. The summed E-state index contributed by atoms with van der Waals surface area (Å²) in [6.07, 6.45) is 5.18. The Morgan fingerprint density at radius 1 is 1.63 bits per heavy atom. The third kappa shape index (κ3) is 2.69. The van der Waals surface area contributed by atoms with E-state index >= 15 is 0 Å². The monoisotopic (exact) mass is 266 g/mol. The average Bonchev–Trinajstić information content (AvgIpc) is 2.99. The molecule has 2 rings (SSSR count). The molecule has 7 heteroatoms. The third-order valence-electron chi connectivity index (χ3n) is 3.54. The highest BCUT2D eigenvalue weighted by molar-refractivity contribution is 5.86. The van der Waals surface area contributed by atoms with Crippen molar-refractivity contribution in [3.63, 3.8) is 0 Å². The molecule has 2 heterocycles. The number of nitrogens with zero attached hydrogens (tertiary/aromatic N) is 2. The zero-order valence-electron chi connectivity index (χ0n) is 10.8. The number of carbonyl (C=O) groups excluding carboxylic acids is 1. The number of aromatic amines is 1. The van der Waals surface area contributed by atoms with Crippen LogP contribution in [-0.4, -0.2) is 50.6 Å². The smallest absolute Gasteiger partial charge is 0.329 e. The van der Waals surface area contributed by atoms with Gasteiger partial charge in [-0.1, -0.05) is 0 Å². The first kappa shape index (κ1) is 13.4. The number of nitrogens with one attached hydrogen (secondary N) is 2. The van der Waals surface area contributed by atoms with Gasteiger partial charge in [-0.2, -0.15) is 0 Å². The predicted molar refractivity (Wildman–Crippen MR) is 67.7 cm³/mol. The quantitative estimate of drug-likeness (QED) is 0.743. The third-order valence-corrected chi connectivity index (χ3v) is 3.54. The summed E-state index contributed by atoms with van der Waals surface area (Å²) in [6, 6.07) is -0.325. The summed E-state index contributed by atoms with van der Waals surface area (Å²) in [5, 5.41) is 12.0.